The number of aromatic hydroxyl groups is 1. The van der Waals surface area contributed by atoms with E-state index in [0.717, 1.165) is 25.2 Å². The van der Waals surface area contributed by atoms with Gasteiger partial charge in [-0.2, -0.15) is 0 Å². The van der Waals surface area contributed by atoms with Crippen LogP contribution in [0.1, 0.15) is 56.1 Å². The van der Waals surface area contributed by atoms with Crippen molar-refractivity contribution in [3.05, 3.63) is 29.3 Å². The van der Waals surface area contributed by atoms with E-state index in [1.807, 2.05) is 12.1 Å². The molecule has 3 aliphatic rings. The molecule has 2 fully saturated rings. The van der Waals surface area contributed by atoms with Crippen molar-refractivity contribution in [3.8, 4) is 5.75 Å². The van der Waals surface area contributed by atoms with Gasteiger partial charge in [0, 0.05) is 39.9 Å². The second-order valence-electron chi connectivity index (χ2n) is 7.44. The van der Waals surface area contributed by atoms with Crippen molar-refractivity contribution in [2.75, 3.05) is 0 Å². The van der Waals surface area contributed by atoms with Gasteiger partial charge in [-0.25, -0.2) is 0 Å². The first kappa shape index (κ1) is 16.2. The largest absolute Gasteiger partial charge is 0.508 e. The predicted molar refractivity (Wildman–Crippen MR) is 78.7 cm³/mol. The molecule has 3 aliphatic carbocycles. The zero-order valence-electron chi connectivity index (χ0n) is 12.5. The number of hydrogen-bond donors (Lipinski definition) is 2. The van der Waals surface area contributed by atoms with Crippen molar-refractivity contribution < 1.29 is 50.2 Å². The number of hydrogen-bond acceptors (Lipinski definition) is 2. The third-order valence-corrected chi connectivity index (χ3v) is 6.66. The SMILES string of the molecule is C[C@]12CC[C@@H]3c4ccc(O)cc4CC[C@H]3[C@@H]1CC[C@@H]2O.[Gd]. The summed E-state index contributed by atoms with van der Waals surface area (Å²) >= 11 is 0. The Kier molecular flexibility index (Phi) is 4.42. The molecule has 0 aromatic heterocycles. The molecule has 0 heterocycles. The van der Waals surface area contributed by atoms with Crippen molar-refractivity contribution in [3.63, 3.8) is 0 Å². The van der Waals surface area contributed by atoms with E-state index in [1.165, 1.54) is 30.4 Å². The smallest absolute Gasteiger partial charge is 0.115 e. The van der Waals surface area contributed by atoms with E-state index in [2.05, 4.69) is 13.0 Å². The van der Waals surface area contributed by atoms with Gasteiger partial charge in [0.15, 0.2) is 0 Å². The van der Waals surface area contributed by atoms with Crippen LogP contribution in [-0.4, -0.2) is 16.3 Å². The molecule has 2 saturated carbocycles. The van der Waals surface area contributed by atoms with Crippen molar-refractivity contribution in [1.29, 1.82) is 0 Å². The monoisotopic (exact) mass is 430 g/mol. The summed E-state index contributed by atoms with van der Waals surface area (Å²) in [5.74, 6) is 2.49. The molecule has 4 rings (SSSR count). The van der Waals surface area contributed by atoms with Gasteiger partial charge in [0.2, 0.25) is 0 Å². The summed E-state index contributed by atoms with van der Waals surface area (Å²) in [7, 11) is 0. The minimum Gasteiger partial charge on any atom is -0.508 e. The van der Waals surface area contributed by atoms with Gasteiger partial charge in [-0.05, 0) is 85.0 Å². The van der Waals surface area contributed by atoms with Gasteiger partial charge in [-0.3, -0.25) is 0 Å². The number of fused-ring (bicyclic) bond motifs is 5. The number of rotatable bonds is 0. The zero-order valence-corrected chi connectivity index (χ0v) is 14.8. The maximum absolute atomic E-state index is 10.4. The number of phenolic OH excluding ortho intramolecular Hbond substituents is 1. The Hall–Kier alpha value is 0.305. The summed E-state index contributed by atoms with van der Waals surface area (Å²) in [6.45, 7) is 2.32. The normalized spacial score (nSPS) is 40.7. The minimum atomic E-state index is -0.0883. The first-order valence-electron chi connectivity index (χ1n) is 8.09. The molecule has 0 spiro atoms. The maximum Gasteiger partial charge on any atom is 0.115 e. The van der Waals surface area contributed by atoms with Crippen LogP contribution in [0.15, 0.2) is 18.2 Å². The van der Waals surface area contributed by atoms with Crippen molar-refractivity contribution in [2.45, 2.75) is 57.5 Å². The summed E-state index contributed by atoms with van der Waals surface area (Å²) in [6, 6.07) is 5.96. The Morgan fingerprint density at radius 1 is 1.14 bits per heavy atom. The fourth-order valence-corrected chi connectivity index (χ4v) is 5.54. The molecular weight excluding hydrogens is 405 g/mol. The van der Waals surface area contributed by atoms with Gasteiger partial charge in [0.25, 0.3) is 0 Å². The van der Waals surface area contributed by atoms with Crippen molar-refractivity contribution in [1.82, 2.24) is 0 Å². The number of aryl methyl sites for hydroxylation is 1. The van der Waals surface area contributed by atoms with E-state index in [0.29, 0.717) is 17.6 Å². The number of aliphatic hydroxyl groups excluding tert-OH is 1. The van der Waals surface area contributed by atoms with Crippen LogP contribution in [0.3, 0.4) is 0 Å². The third-order valence-electron chi connectivity index (χ3n) is 6.66. The Morgan fingerprint density at radius 2 is 1.95 bits per heavy atom. The predicted octanol–water partition coefficient (Wildman–Crippen LogP) is 3.61. The average Bonchev–Trinajstić information content (AvgIpc) is 2.74. The molecule has 3 heteroatoms. The fraction of sp³-hybridized carbons (Fsp3) is 0.667. The van der Waals surface area contributed by atoms with E-state index >= 15 is 0 Å². The number of phenols is 1. The van der Waals surface area contributed by atoms with E-state index in [9.17, 15) is 10.2 Å². The molecule has 21 heavy (non-hydrogen) atoms. The molecule has 1 aromatic rings. The molecule has 0 aliphatic heterocycles. The first-order valence-corrected chi connectivity index (χ1v) is 8.09. The van der Waals surface area contributed by atoms with Crippen LogP contribution < -0.4 is 0 Å². The van der Waals surface area contributed by atoms with E-state index in [1.54, 1.807) is 0 Å². The van der Waals surface area contributed by atoms with E-state index in [4.69, 9.17) is 0 Å². The molecular formula is C18H24GdO2. The van der Waals surface area contributed by atoms with Crippen LogP contribution in [0.5, 0.6) is 5.75 Å². The van der Waals surface area contributed by atoms with Gasteiger partial charge < -0.3 is 10.2 Å². The molecule has 0 bridgehead atoms. The minimum absolute atomic E-state index is 0. The van der Waals surface area contributed by atoms with Gasteiger partial charge in [0.05, 0.1) is 6.10 Å². The number of benzene rings is 1. The van der Waals surface area contributed by atoms with Gasteiger partial charge in [-0.1, -0.05) is 13.0 Å². The molecule has 2 nitrogen and oxygen atoms in total. The van der Waals surface area contributed by atoms with Crippen LogP contribution in [-0.2, 0) is 6.42 Å². The van der Waals surface area contributed by atoms with Gasteiger partial charge in [-0.15, -0.1) is 0 Å². The molecule has 1 aromatic carbocycles. The van der Waals surface area contributed by atoms with Crippen LogP contribution in [0, 0.1) is 57.2 Å². The molecule has 0 saturated heterocycles. The van der Waals surface area contributed by atoms with E-state index in [-0.39, 0.29) is 51.5 Å². The summed E-state index contributed by atoms with van der Waals surface area (Å²) in [5, 5.41) is 20.0. The summed E-state index contributed by atoms with van der Waals surface area (Å²) < 4.78 is 0. The maximum atomic E-state index is 10.4. The van der Waals surface area contributed by atoms with Crippen LogP contribution in [0.2, 0.25) is 0 Å². The number of aliphatic hydroxyl groups is 1. The molecule has 116 valence electrons. The first-order chi connectivity index (χ1) is 9.59. The summed E-state index contributed by atoms with van der Waals surface area (Å²) in [5.41, 5.74) is 2.99. The standard InChI is InChI=1S/C18H24O2.Gd/c1-18-9-8-14-13-5-3-12(19)10-11(13)2-4-15(14)16(18)6-7-17(18)20;/h3,5,10,14-17,19-20H,2,4,6-9H2,1H3;/t14-,15-,16+,17+,18+;/m1./s1. The van der Waals surface area contributed by atoms with E-state index < -0.39 is 0 Å². The van der Waals surface area contributed by atoms with Crippen molar-refractivity contribution >= 4 is 0 Å². The van der Waals surface area contributed by atoms with Crippen LogP contribution in [0.25, 0.3) is 0 Å². The van der Waals surface area contributed by atoms with Gasteiger partial charge >= 0.3 is 0 Å². The summed E-state index contributed by atoms with van der Waals surface area (Å²) in [4.78, 5) is 0. The Bertz CT molecular complexity index is 544. The average molecular weight is 430 g/mol. The molecule has 5 atom stereocenters. The second-order valence-corrected chi connectivity index (χ2v) is 7.44. The molecule has 0 amide bonds. The Labute approximate surface area is 159 Å². The fourth-order valence-electron chi connectivity index (χ4n) is 5.54. The second kappa shape index (κ2) is 5.74. The zero-order chi connectivity index (χ0) is 13.9. The van der Waals surface area contributed by atoms with Crippen molar-refractivity contribution in [2.24, 2.45) is 17.3 Å². The quantitative estimate of drug-likeness (QED) is 0.661. The van der Waals surface area contributed by atoms with Gasteiger partial charge in [0.1, 0.15) is 5.75 Å². The van der Waals surface area contributed by atoms with Crippen LogP contribution >= 0.6 is 0 Å². The topological polar surface area (TPSA) is 40.5 Å². The Morgan fingerprint density at radius 3 is 2.76 bits per heavy atom. The molecule has 0 unspecified atom stereocenters. The Balaban J connectivity index is 0.00000132. The van der Waals surface area contributed by atoms with Crippen LogP contribution in [0.4, 0.5) is 0 Å². The third kappa shape index (κ3) is 2.39. The molecule has 0 radical (unpaired) electrons. The molecule has 2 N–H and O–H groups in total. The summed E-state index contributed by atoms with van der Waals surface area (Å²) in [6.07, 6.45) is 6.78.